The molecule has 41 heavy (non-hydrogen) atoms. The first kappa shape index (κ1) is 36.9. The molecule has 0 heterocycles. The van der Waals surface area contributed by atoms with Crippen LogP contribution in [0.3, 0.4) is 0 Å². The molecule has 5 rings (SSSR count). The van der Waals surface area contributed by atoms with E-state index in [1.54, 1.807) is 6.92 Å². The van der Waals surface area contributed by atoms with Gasteiger partial charge in [-0.3, -0.25) is 6.08 Å². The van der Waals surface area contributed by atoms with Gasteiger partial charge in [0.15, 0.2) is 0 Å². The molecule has 0 nitrogen and oxygen atoms in total. The Hall–Kier alpha value is -2.11. The molecule has 0 spiro atoms. The van der Waals surface area contributed by atoms with Gasteiger partial charge < -0.3 is 6.92 Å². The van der Waals surface area contributed by atoms with Crippen LogP contribution < -0.4 is 0 Å². The predicted molar refractivity (Wildman–Crippen MR) is 179 cm³/mol. The smallest absolute Gasteiger partial charge is 0.171 e. The van der Waals surface area contributed by atoms with Crippen LogP contribution in [0.25, 0.3) is 11.1 Å². The summed E-state index contributed by atoms with van der Waals surface area (Å²) < 4.78 is 3.34. The Balaban J connectivity index is 0.000000348. The van der Waals surface area contributed by atoms with E-state index in [0.29, 0.717) is 11.8 Å². The van der Waals surface area contributed by atoms with Gasteiger partial charge in [0.25, 0.3) is 0 Å². The van der Waals surface area contributed by atoms with Crippen molar-refractivity contribution < 1.29 is 24.2 Å². The first-order valence-electron chi connectivity index (χ1n) is 14.8. The van der Waals surface area contributed by atoms with E-state index in [1.165, 1.54) is 68.8 Å². The van der Waals surface area contributed by atoms with Gasteiger partial charge >= 0.3 is 28.4 Å². The van der Waals surface area contributed by atoms with E-state index in [2.05, 4.69) is 135 Å². The van der Waals surface area contributed by atoms with E-state index in [0.717, 1.165) is 6.42 Å². The zero-order valence-corrected chi connectivity index (χ0v) is 30.1. The summed E-state index contributed by atoms with van der Waals surface area (Å²) in [4.78, 5) is 0. The molecule has 3 aromatic rings. The first-order chi connectivity index (χ1) is 19.3. The quantitative estimate of drug-likeness (QED) is 0.185. The van der Waals surface area contributed by atoms with E-state index < -0.39 is 0 Å². The Morgan fingerprint density at radius 1 is 0.878 bits per heavy atom. The molecule has 3 aromatic carbocycles. The molecule has 220 valence electrons. The van der Waals surface area contributed by atoms with Gasteiger partial charge in [-0.15, -0.1) is 5.56 Å². The molecule has 0 saturated carbocycles. The Labute approximate surface area is 268 Å². The van der Waals surface area contributed by atoms with Gasteiger partial charge in [0.2, 0.25) is 0 Å². The maximum absolute atomic E-state index is 3.53. The summed E-state index contributed by atoms with van der Waals surface area (Å²) >= 11 is 1.30. The first-order valence-corrected chi connectivity index (χ1v) is 16.5. The van der Waals surface area contributed by atoms with Crippen molar-refractivity contribution in [2.45, 2.75) is 93.4 Å². The molecular formula is C40H52Zr-4. The predicted octanol–water partition coefficient (Wildman–Crippen LogP) is 10.9. The molecule has 0 amide bonds. The molecule has 0 aliphatic heterocycles. The third-order valence-electron chi connectivity index (χ3n) is 7.06. The second kappa shape index (κ2) is 17.1. The number of hydrogen-bond donors (Lipinski definition) is 0. The summed E-state index contributed by atoms with van der Waals surface area (Å²) in [5, 5.41) is 0. The molecule has 2 aliphatic rings. The normalized spacial score (nSPS) is 14.7. The monoisotopic (exact) mass is 622 g/mol. The van der Waals surface area contributed by atoms with Gasteiger partial charge in [-0.2, -0.15) is 84.3 Å². The van der Waals surface area contributed by atoms with Crippen LogP contribution >= 0.6 is 0 Å². The maximum atomic E-state index is 3.53. The minimum atomic E-state index is 0.177. The summed E-state index contributed by atoms with van der Waals surface area (Å²) in [7, 11) is 0. The molecule has 0 fully saturated rings. The van der Waals surface area contributed by atoms with Gasteiger partial charge in [0, 0.05) is 0 Å². The average Bonchev–Trinajstić information content (AvgIpc) is 3.49. The molecule has 2 aliphatic carbocycles. The molecule has 0 aromatic heterocycles. The zero-order chi connectivity index (χ0) is 31.4. The van der Waals surface area contributed by atoms with Gasteiger partial charge in [-0.25, -0.2) is 5.57 Å². The minimum absolute atomic E-state index is 0.177. The molecule has 0 radical (unpaired) electrons. The van der Waals surface area contributed by atoms with Crippen molar-refractivity contribution in [2.24, 2.45) is 11.8 Å². The van der Waals surface area contributed by atoms with Crippen molar-refractivity contribution in [1.29, 1.82) is 0 Å². The van der Waals surface area contributed by atoms with Gasteiger partial charge in [0.05, 0.1) is 0 Å². The third kappa shape index (κ3) is 11.2. The Kier molecular flexibility index (Phi) is 15.4. The fourth-order valence-corrected chi connectivity index (χ4v) is 4.81. The fraction of sp³-hybridized carbons (Fsp3) is 0.400. The van der Waals surface area contributed by atoms with Crippen LogP contribution in [0.1, 0.15) is 98.4 Å². The molecule has 1 atom stereocenters. The van der Waals surface area contributed by atoms with Crippen LogP contribution in [-0.4, -0.2) is 4.21 Å². The SMILES string of the molecule is CC(C)(C)c1c[c-]c2c(c1)-c1cc(C(C)(C)C)ccc1C2.CC1=[C-]C(C)C=C1C(C)C.[CH2-]C.[CH2]=[Zr].[c-]1ccccc1. The van der Waals surface area contributed by atoms with Crippen molar-refractivity contribution in [3.05, 3.63) is 125 Å². The zero-order valence-electron chi connectivity index (χ0n) is 27.6. The second-order valence-electron chi connectivity index (χ2n) is 12.7. The summed E-state index contributed by atoms with van der Waals surface area (Å²) in [5.74, 6) is 1.20. The Morgan fingerprint density at radius 3 is 1.83 bits per heavy atom. The van der Waals surface area contributed by atoms with Crippen molar-refractivity contribution in [1.82, 2.24) is 0 Å². The Morgan fingerprint density at radius 2 is 1.44 bits per heavy atom. The van der Waals surface area contributed by atoms with Crippen molar-refractivity contribution >= 4 is 4.21 Å². The van der Waals surface area contributed by atoms with Crippen LogP contribution in [0, 0.1) is 37.0 Å². The molecule has 1 heteroatoms. The topological polar surface area (TPSA) is 0 Å². The van der Waals surface area contributed by atoms with Crippen molar-refractivity contribution in [3.63, 3.8) is 0 Å². The van der Waals surface area contributed by atoms with E-state index in [4.69, 9.17) is 0 Å². The van der Waals surface area contributed by atoms with Gasteiger partial charge in [-0.05, 0) is 17.4 Å². The minimum Gasteiger partial charge on any atom is -0.184 e. The second-order valence-corrected chi connectivity index (χ2v) is 12.7. The third-order valence-corrected chi connectivity index (χ3v) is 7.06. The fourth-order valence-electron chi connectivity index (χ4n) is 4.81. The van der Waals surface area contributed by atoms with Gasteiger partial charge in [-0.1, -0.05) is 116 Å². The van der Waals surface area contributed by atoms with Crippen LogP contribution in [0.4, 0.5) is 0 Å². The van der Waals surface area contributed by atoms with E-state index >= 15 is 0 Å². The average molecular weight is 624 g/mol. The Bertz CT molecular complexity index is 1170. The van der Waals surface area contributed by atoms with Gasteiger partial charge in [0.1, 0.15) is 0 Å². The van der Waals surface area contributed by atoms with Crippen LogP contribution in [0.15, 0.2) is 77.9 Å². The van der Waals surface area contributed by atoms with E-state index in [9.17, 15) is 0 Å². The number of benzene rings is 3. The number of hydrogen-bond acceptors (Lipinski definition) is 0. The maximum Gasteiger partial charge on any atom is -0.171 e. The number of fused-ring (bicyclic) bond motifs is 3. The number of rotatable bonds is 1. The van der Waals surface area contributed by atoms with Crippen LogP contribution in [0.2, 0.25) is 0 Å². The molecule has 0 N–H and O–H groups in total. The van der Waals surface area contributed by atoms with E-state index in [-0.39, 0.29) is 10.8 Å². The molecule has 0 bridgehead atoms. The molecular weight excluding hydrogens is 572 g/mol. The van der Waals surface area contributed by atoms with Crippen molar-refractivity contribution in [2.75, 3.05) is 0 Å². The molecule has 1 unspecified atom stereocenters. The molecule has 0 saturated heterocycles. The summed E-state index contributed by atoms with van der Waals surface area (Å²) in [6.07, 6.45) is 6.71. The summed E-state index contributed by atoms with van der Waals surface area (Å²) in [5.41, 5.74) is 11.6. The van der Waals surface area contributed by atoms with Crippen molar-refractivity contribution in [3.8, 4) is 11.1 Å². The van der Waals surface area contributed by atoms with Crippen LogP contribution in [-0.2, 0) is 41.5 Å². The standard InChI is InChI=1S/C21H25.C10H15.C6H5.C2H5.CH2.Zr/c1-20(2,3)16-9-7-14-11-15-8-10-17(21(4,5)6)13-19(15)18(14)12-16;1-7(2)10-6-8(3)5-9(10)4;1-2-4-6-5-3-1;1-2;;/h7,9-10,12-13H,11H2,1-6H3;6-8H,1-4H3;1-5H;1H2,2H3;1H2;/q4*-1;;. The van der Waals surface area contributed by atoms with Crippen LogP contribution in [0.5, 0.6) is 0 Å². The number of allylic oxidation sites excluding steroid dienone is 4. The summed E-state index contributed by atoms with van der Waals surface area (Å²) in [6, 6.07) is 27.6. The largest absolute Gasteiger partial charge is 0.184 e. The summed E-state index contributed by atoms with van der Waals surface area (Å²) in [6.45, 7) is 27.4. The van der Waals surface area contributed by atoms with E-state index in [1.807, 2.05) is 30.3 Å².